The van der Waals surface area contributed by atoms with Crippen molar-refractivity contribution in [1.82, 2.24) is 4.98 Å². The Morgan fingerprint density at radius 3 is 3.14 bits per heavy atom. The van der Waals surface area contributed by atoms with Crippen LogP contribution in [0.5, 0.6) is 0 Å². The summed E-state index contributed by atoms with van der Waals surface area (Å²) >= 11 is 0. The second-order valence-electron chi connectivity index (χ2n) is 1.43. The lowest BCUT2D eigenvalue weighted by atomic mass is 10.3. The summed E-state index contributed by atoms with van der Waals surface area (Å²) in [5.74, 6) is 0. The molecular formula is C6H7N. The van der Waals surface area contributed by atoms with Gasteiger partial charge in [-0.1, -0.05) is 6.07 Å². The number of aryl methyl sites for hydroxylation is 1. The largest absolute Gasteiger partial charge is 0.264 e. The smallest absolute Gasteiger partial charge is 0.0843 e. The summed E-state index contributed by atoms with van der Waals surface area (Å²) in [6, 6.07) is 3.70. The quantitative estimate of drug-likeness (QED) is 0.473. The molecule has 1 rings (SSSR count). The van der Waals surface area contributed by atoms with Gasteiger partial charge in [-0.3, -0.25) is 4.98 Å². The number of nitrogens with zero attached hydrogens (tertiary/aromatic N) is 1. The minimum Gasteiger partial charge on any atom is -0.264 e. The Bertz CT molecular complexity index is 165. The molecule has 1 heteroatoms. The summed E-state index contributed by atoms with van der Waals surface area (Å²) in [5, 5.41) is 0. The molecule has 0 saturated heterocycles. The molecule has 7 heavy (non-hydrogen) atoms. The van der Waals surface area contributed by atoms with Gasteiger partial charge in [0.2, 0.25) is 0 Å². The SMILES string of the molecule is [2H]c1ncccc1C. The number of aromatic nitrogens is 1. The van der Waals surface area contributed by atoms with Crippen LogP contribution in [0.15, 0.2) is 24.5 Å². The third kappa shape index (κ3) is 1.000. The average Bonchev–Trinajstić information content (AvgIpc) is 1.77. The minimum absolute atomic E-state index is 0.368. The van der Waals surface area contributed by atoms with Gasteiger partial charge in [0.1, 0.15) is 0 Å². The van der Waals surface area contributed by atoms with E-state index in [0.717, 1.165) is 5.56 Å². The molecule has 0 aliphatic heterocycles. The second kappa shape index (κ2) is 1.73. The molecule has 0 N–H and O–H groups in total. The van der Waals surface area contributed by atoms with Gasteiger partial charge in [0.25, 0.3) is 0 Å². The Balaban J connectivity index is 3.13. The molecule has 0 fully saturated rings. The summed E-state index contributed by atoms with van der Waals surface area (Å²) < 4.78 is 7.11. The van der Waals surface area contributed by atoms with Gasteiger partial charge < -0.3 is 0 Å². The van der Waals surface area contributed by atoms with Crippen LogP contribution in [0.4, 0.5) is 0 Å². The standard InChI is InChI=1S/C6H7N/c1-6-3-2-4-7-5-6/h2-5H,1H3/i5D. The fraction of sp³-hybridized carbons (Fsp3) is 0.167. The van der Waals surface area contributed by atoms with Crippen molar-refractivity contribution in [1.29, 1.82) is 0 Å². The highest BCUT2D eigenvalue weighted by molar-refractivity contribution is 5.04. The van der Waals surface area contributed by atoms with Crippen molar-refractivity contribution in [3.05, 3.63) is 30.1 Å². The van der Waals surface area contributed by atoms with Crippen molar-refractivity contribution in [2.24, 2.45) is 0 Å². The Morgan fingerprint density at radius 1 is 1.86 bits per heavy atom. The van der Waals surface area contributed by atoms with E-state index in [1.54, 1.807) is 6.20 Å². The lowest BCUT2D eigenvalue weighted by molar-refractivity contribution is 1.27. The number of hydrogen-bond acceptors (Lipinski definition) is 1. The fourth-order valence-electron chi connectivity index (χ4n) is 0.407. The zero-order chi connectivity index (χ0) is 5.98. The van der Waals surface area contributed by atoms with Gasteiger partial charge in [-0.15, -0.1) is 0 Å². The maximum Gasteiger partial charge on any atom is 0.0843 e. The first-order chi connectivity index (χ1) is 3.80. The first-order valence-corrected chi connectivity index (χ1v) is 2.19. The minimum atomic E-state index is 0.368. The van der Waals surface area contributed by atoms with Crippen LogP contribution in [-0.2, 0) is 0 Å². The van der Waals surface area contributed by atoms with E-state index in [-0.39, 0.29) is 0 Å². The molecule has 0 bridgehead atoms. The molecule has 0 amide bonds. The number of hydrogen-bond donors (Lipinski definition) is 0. The molecule has 1 aromatic rings. The summed E-state index contributed by atoms with van der Waals surface area (Å²) in [6.07, 6.45) is 1.99. The number of rotatable bonds is 0. The molecule has 0 atom stereocenters. The van der Waals surface area contributed by atoms with E-state index < -0.39 is 0 Å². The van der Waals surface area contributed by atoms with E-state index in [9.17, 15) is 0 Å². The average molecular weight is 94.1 g/mol. The van der Waals surface area contributed by atoms with Crippen LogP contribution in [0, 0.1) is 6.92 Å². The second-order valence-corrected chi connectivity index (χ2v) is 1.43. The van der Waals surface area contributed by atoms with Crippen LogP contribution in [0.1, 0.15) is 6.93 Å². The molecule has 36 valence electrons. The molecule has 1 heterocycles. The van der Waals surface area contributed by atoms with Crippen molar-refractivity contribution >= 4 is 0 Å². The van der Waals surface area contributed by atoms with Crippen LogP contribution in [0.25, 0.3) is 0 Å². The van der Waals surface area contributed by atoms with E-state index in [2.05, 4.69) is 4.98 Å². The van der Waals surface area contributed by atoms with Crippen molar-refractivity contribution in [3.8, 4) is 0 Å². The normalized spacial score (nSPS) is 10.7. The van der Waals surface area contributed by atoms with E-state index in [4.69, 9.17) is 1.37 Å². The summed E-state index contributed by atoms with van der Waals surface area (Å²) in [6.45, 7) is 1.87. The maximum absolute atomic E-state index is 7.11. The van der Waals surface area contributed by atoms with Crippen molar-refractivity contribution in [2.75, 3.05) is 0 Å². The van der Waals surface area contributed by atoms with Gasteiger partial charge in [-0.25, -0.2) is 0 Å². The Morgan fingerprint density at radius 2 is 2.71 bits per heavy atom. The molecule has 1 nitrogen and oxygen atoms in total. The highest BCUT2D eigenvalue weighted by Crippen LogP contribution is 1.88. The van der Waals surface area contributed by atoms with E-state index >= 15 is 0 Å². The van der Waals surface area contributed by atoms with E-state index in [1.165, 1.54) is 0 Å². The molecule has 0 saturated carbocycles. The molecule has 0 aliphatic carbocycles. The van der Waals surface area contributed by atoms with Gasteiger partial charge in [-0.05, 0) is 18.6 Å². The highest BCUT2D eigenvalue weighted by atomic mass is 14.6. The van der Waals surface area contributed by atoms with Crippen LogP contribution >= 0.6 is 0 Å². The van der Waals surface area contributed by atoms with E-state index in [1.807, 2.05) is 19.1 Å². The molecular weight excluding hydrogens is 86.1 g/mol. The lowest BCUT2D eigenvalue weighted by Crippen LogP contribution is -1.69. The van der Waals surface area contributed by atoms with Gasteiger partial charge in [0, 0.05) is 12.4 Å². The molecule has 0 aliphatic rings. The fourth-order valence-corrected chi connectivity index (χ4v) is 0.407. The van der Waals surface area contributed by atoms with Gasteiger partial charge in [0.05, 0.1) is 1.37 Å². The van der Waals surface area contributed by atoms with Crippen molar-refractivity contribution < 1.29 is 1.37 Å². The molecule has 0 aromatic carbocycles. The van der Waals surface area contributed by atoms with Gasteiger partial charge in [-0.2, -0.15) is 0 Å². The summed E-state index contributed by atoms with van der Waals surface area (Å²) in [5.41, 5.74) is 0.924. The topological polar surface area (TPSA) is 12.9 Å². The number of pyridine rings is 1. The lowest BCUT2D eigenvalue weighted by Gasteiger charge is -1.82. The summed E-state index contributed by atoms with van der Waals surface area (Å²) in [4.78, 5) is 3.75. The molecule has 0 radical (unpaired) electrons. The Kier molecular flexibility index (Phi) is 0.791. The van der Waals surface area contributed by atoms with Crippen LogP contribution in [0.3, 0.4) is 0 Å². The Labute approximate surface area is 44.4 Å². The first kappa shape index (κ1) is 3.19. The van der Waals surface area contributed by atoms with Crippen molar-refractivity contribution in [2.45, 2.75) is 6.92 Å². The third-order valence-corrected chi connectivity index (χ3v) is 0.748. The van der Waals surface area contributed by atoms with Gasteiger partial charge >= 0.3 is 0 Å². The third-order valence-electron chi connectivity index (χ3n) is 0.748. The van der Waals surface area contributed by atoms with Crippen LogP contribution in [0.2, 0.25) is 0 Å². The van der Waals surface area contributed by atoms with Gasteiger partial charge in [0.15, 0.2) is 0 Å². The zero-order valence-electron chi connectivity index (χ0n) is 5.18. The predicted octanol–water partition coefficient (Wildman–Crippen LogP) is 1.39. The Hall–Kier alpha value is -0.850. The first-order valence-electron chi connectivity index (χ1n) is 2.69. The summed E-state index contributed by atoms with van der Waals surface area (Å²) in [7, 11) is 0. The van der Waals surface area contributed by atoms with Crippen LogP contribution in [-0.4, -0.2) is 4.98 Å². The molecule has 0 unspecified atom stereocenters. The van der Waals surface area contributed by atoms with E-state index in [0.29, 0.717) is 6.17 Å². The molecule has 0 spiro atoms. The molecule has 1 aromatic heterocycles. The van der Waals surface area contributed by atoms with Crippen LogP contribution < -0.4 is 0 Å². The van der Waals surface area contributed by atoms with Crippen molar-refractivity contribution in [3.63, 3.8) is 0 Å². The maximum atomic E-state index is 7.11. The zero-order valence-corrected chi connectivity index (χ0v) is 4.18. The monoisotopic (exact) mass is 94.1 g/mol. The highest BCUT2D eigenvalue weighted by Gasteiger charge is 1.73. The predicted molar refractivity (Wildman–Crippen MR) is 29.0 cm³/mol.